The first-order chi connectivity index (χ1) is 5.07. The molecule has 0 unspecified atom stereocenters. The lowest BCUT2D eigenvalue weighted by Gasteiger charge is -2.16. The van der Waals surface area contributed by atoms with Gasteiger partial charge in [0, 0.05) is 13.5 Å². The summed E-state index contributed by atoms with van der Waals surface area (Å²) in [5, 5.41) is 0. The lowest BCUT2D eigenvalue weighted by Crippen LogP contribution is -2.31. The predicted octanol–water partition coefficient (Wildman–Crippen LogP) is 1.60. The van der Waals surface area contributed by atoms with Gasteiger partial charge in [0.1, 0.15) is 6.17 Å². The Balaban J connectivity index is 3.64. The third kappa shape index (κ3) is 4.76. The molecule has 0 aliphatic heterocycles. The van der Waals surface area contributed by atoms with E-state index in [0.29, 0.717) is 6.42 Å². The number of carbonyl (C=O) groups excluding carboxylic acids is 1. The molecule has 0 fully saturated rings. The summed E-state index contributed by atoms with van der Waals surface area (Å²) in [4.78, 5) is 12.5. The third-order valence-electron chi connectivity index (χ3n) is 1.42. The molecule has 2 nitrogen and oxygen atoms in total. The number of rotatable bonds is 4. The molecule has 1 atom stereocenters. The molecule has 3 heteroatoms. The third-order valence-corrected chi connectivity index (χ3v) is 1.42. The van der Waals surface area contributed by atoms with Crippen molar-refractivity contribution in [3.05, 3.63) is 0 Å². The molecule has 0 rings (SSSR count). The van der Waals surface area contributed by atoms with Crippen molar-refractivity contribution in [1.82, 2.24) is 4.90 Å². The van der Waals surface area contributed by atoms with Gasteiger partial charge in [-0.25, -0.2) is 4.39 Å². The molecule has 0 saturated carbocycles. The monoisotopic (exact) mass is 161 g/mol. The second-order valence-electron chi connectivity index (χ2n) is 2.81. The molecule has 0 aromatic rings. The second kappa shape index (κ2) is 5.10. The van der Waals surface area contributed by atoms with Gasteiger partial charge in [-0.15, -0.1) is 0 Å². The number of amides is 1. The zero-order valence-corrected chi connectivity index (χ0v) is 7.43. The van der Waals surface area contributed by atoms with Gasteiger partial charge < -0.3 is 4.90 Å². The molecule has 0 aromatic heterocycles. The van der Waals surface area contributed by atoms with Crippen LogP contribution >= 0.6 is 0 Å². The fourth-order valence-corrected chi connectivity index (χ4v) is 0.884. The lowest BCUT2D eigenvalue weighted by molar-refractivity contribution is -0.130. The van der Waals surface area contributed by atoms with Crippen LogP contribution in [0.15, 0.2) is 0 Å². The van der Waals surface area contributed by atoms with E-state index in [1.54, 1.807) is 7.05 Å². The first-order valence-electron chi connectivity index (χ1n) is 3.96. The molecule has 0 heterocycles. The van der Waals surface area contributed by atoms with Crippen LogP contribution in [0.3, 0.4) is 0 Å². The molecule has 0 saturated heterocycles. The van der Waals surface area contributed by atoms with Crippen molar-refractivity contribution in [1.29, 1.82) is 0 Å². The predicted molar refractivity (Wildman–Crippen MR) is 43.1 cm³/mol. The Morgan fingerprint density at radius 2 is 2.18 bits per heavy atom. The van der Waals surface area contributed by atoms with Gasteiger partial charge in [0.2, 0.25) is 5.91 Å². The first-order valence-corrected chi connectivity index (χ1v) is 3.96. The van der Waals surface area contributed by atoms with Crippen LogP contribution in [0.25, 0.3) is 0 Å². The molecular formula is C8H16FNO. The fraction of sp³-hybridized carbons (Fsp3) is 0.875. The van der Waals surface area contributed by atoms with Gasteiger partial charge in [-0.05, 0) is 13.3 Å². The number of alkyl halides is 1. The Labute approximate surface area is 67.4 Å². The Morgan fingerprint density at radius 3 is 2.55 bits per heavy atom. The van der Waals surface area contributed by atoms with Crippen LogP contribution < -0.4 is 0 Å². The van der Waals surface area contributed by atoms with Crippen LogP contribution in [0, 0.1) is 0 Å². The van der Waals surface area contributed by atoms with Crippen molar-refractivity contribution < 1.29 is 9.18 Å². The number of hydrogen-bond acceptors (Lipinski definition) is 1. The van der Waals surface area contributed by atoms with E-state index in [1.165, 1.54) is 11.8 Å². The molecule has 0 spiro atoms. The van der Waals surface area contributed by atoms with Crippen molar-refractivity contribution in [2.45, 2.75) is 32.9 Å². The van der Waals surface area contributed by atoms with Crippen molar-refractivity contribution in [3.63, 3.8) is 0 Å². The molecule has 11 heavy (non-hydrogen) atoms. The van der Waals surface area contributed by atoms with Crippen LogP contribution in [0.2, 0.25) is 0 Å². The lowest BCUT2D eigenvalue weighted by atomic mass is 10.3. The SMILES string of the molecule is CCCC(=O)N(C)C[C@@H](C)F. The number of nitrogens with zero attached hydrogens (tertiary/aromatic N) is 1. The van der Waals surface area contributed by atoms with E-state index in [9.17, 15) is 9.18 Å². The molecule has 0 aromatic carbocycles. The van der Waals surface area contributed by atoms with E-state index in [4.69, 9.17) is 0 Å². The Hall–Kier alpha value is -0.600. The fourth-order valence-electron chi connectivity index (χ4n) is 0.884. The highest BCUT2D eigenvalue weighted by Crippen LogP contribution is 1.97. The van der Waals surface area contributed by atoms with E-state index < -0.39 is 6.17 Å². The summed E-state index contributed by atoms with van der Waals surface area (Å²) in [5.74, 6) is 0.0250. The molecule has 0 aliphatic rings. The van der Waals surface area contributed by atoms with Crippen LogP contribution in [0.5, 0.6) is 0 Å². The highest BCUT2D eigenvalue weighted by atomic mass is 19.1. The van der Waals surface area contributed by atoms with E-state index in [0.717, 1.165) is 6.42 Å². The van der Waals surface area contributed by atoms with Crippen LogP contribution in [-0.2, 0) is 4.79 Å². The van der Waals surface area contributed by atoms with E-state index in [1.807, 2.05) is 6.92 Å². The van der Waals surface area contributed by atoms with Gasteiger partial charge >= 0.3 is 0 Å². The summed E-state index contributed by atoms with van der Waals surface area (Å²) >= 11 is 0. The maximum absolute atomic E-state index is 12.4. The minimum absolute atomic E-state index is 0.0250. The van der Waals surface area contributed by atoms with Gasteiger partial charge in [-0.3, -0.25) is 4.79 Å². The Kier molecular flexibility index (Phi) is 4.83. The Bertz CT molecular complexity index is 125. The van der Waals surface area contributed by atoms with Gasteiger partial charge in [0.25, 0.3) is 0 Å². The minimum Gasteiger partial charge on any atom is -0.343 e. The first kappa shape index (κ1) is 10.4. The van der Waals surface area contributed by atoms with E-state index in [-0.39, 0.29) is 12.5 Å². The summed E-state index contributed by atoms with van der Waals surface area (Å²) in [6.45, 7) is 3.60. The van der Waals surface area contributed by atoms with Crippen LogP contribution in [0.1, 0.15) is 26.7 Å². The largest absolute Gasteiger partial charge is 0.343 e. The van der Waals surface area contributed by atoms with Crippen LogP contribution in [-0.4, -0.2) is 30.6 Å². The highest BCUT2D eigenvalue weighted by Gasteiger charge is 2.09. The quantitative estimate of drug-likeness (QED) is 0.613. The smallest absolute Gasteiger partial charge is 0.222 e. The van der Waals surface area contributed by atoms with Gasteiger partial charge in [-0.2, -0.15) is 0 Å². The number of carbonyl (C=O) groups is 1. The highest BCUT2D eigenvalue weighted by molar-refractivity contribution is 5.75. The summed E-state index contributed by atoms with van der Waals surface area (Å²) in [7, 11) is 1.63. The summed E-state index contributed by atoms with van der Waals surface area (Å²) in [6, 6.07) is 0. The Morgan fingerprint density at radius 1 is 1.64 bits per heavy atom. The average Bonchev–Trinajstić information content (AvgIpc) is 1.86. The molecule has 0 radical (unpaired) electrons. The average molecular weight is 161 g/mol. The van der Waals surface area contributed by atoms with Crippen molar-refractivity contribution in [2.75, 3.05) is 13.6 Å². The van der Waals surface area contributed by atoms with E-state index >= 15 is 0 Å². The maximum Gasteiger partial charge on any atom is 0.222 e. The van der Waals surface area contributed by atoms with E-state index in [2.05, 4.69) is 0 Å². The van der Waals surface area contributed by atoms with Gasteiger partial charge in [0.15, 0.2) is 0 Å². The van der Waals surface area contributed by atoms with Crippen molar-refractivity contribution in [2.24, 2.45) is 0 Å². The molecule has 0 N–H and O–H groups in total. The molecular weight excluding hydrogens is 145 g/mol. The van der Waals surface area contributed by atoms with Crippen LogP contribution in [0.4, 0.5) is 4.39 Å². The zero-order valence-electron chi connectivity index (χ0n) is 7.43. The molecule has 1 amide bonds. The maximum atomic E-state index is 12.4. The molecule has 0 aliphatic carbocycles. The molecule has 0 bridgehead atoms. The van der Waals surface area contributed by atoms with Crippen molar-refractivity contribution >= 4 is 5.91 Å². The topological polar surface area (TPSA) is 20.3 Å². The summed E-state index contributed by atoms with van der Waals surface area (Å²) in [6.07, 6.45) is 0.411. The van der Waals surface area contributed by atoms with Gasteiger partial charge in [-0.1, -0.05) is 6.92 Å². The standard InChI is InChI=1S/C8H16FNO/c1-4-5-8(11)10(3)6-7(2)9/h7H,4-6H2,1-3H3/t7-/m1/s1. The normalized spacial score (nSPS) is 12.7. The summed E-state index contributed by atoms with van der Waals surface area (Å²) < 4.78 is 12.4. The number of hydrogen-bond donors (Lipinski definition) is 0. The summed E-state index contributed by atoms with van der Waals surface area (Å²) in [5.41, 5.74) is 0. The van der Waals surface area contributed by atoms with Gasteiger partial charge in [0.05, 0.1) is 6.54 Å². The zero-order chi connectivity index (χ0) is 8.85. The minimum atomic E-state index is -0.930. The molecule has 66 valence electrons. The van der Waals surface area contributed by atoms with Crippen molar-refractivity contribution in [3.8, 4) is 0 Å². The number of halogens is 1. The second-order valence-corrected chi connectivity index (χ2v) is 2.81.